The van der Waals surface area contributed by atoms with Crippen LogP contribution in [0.5, 0.6) is 0 Å². The van der Waals surface area contributed by atoms with E-state index < -0.39 is 0 Å². The van der Waals surface area contributed by atoms with E-state index in [1.807, 2.05) is 0 Å². The van der Waals surface area contributed by atoms with Gasteiger partial charge in [-0.15, -0.1) is 0 Å². The van der Waals surface area contributed by atoms with Gasteiger partial charge in [0.15, 0.2) is 0 Å². The quantitative estimate of drug-likeness (QED) is 0.588. The van der Waals surface area contributed by atoms with Crippen LogP contribution in [0.4, 0.5) is 0 Å². The smallest absolute Gasteiger partial charge is 0.339 e. The van der Waals surface area contributed by atoms with Crippen molar-refractivity contribution in [2.75, 3.05) is 0 Å². The van der Waals surface area contributed by atoms with Gasteiger partial charge in [0.1, 0.15) is 11.3 Å². The maximum atomic E-state index is 11.7. The van der Waals surface area contributed by atoms with Crippen LogP contribution >= 0.6 is 11.6 Å². The lowest BCUT2D eigenvalue weighted by Gasteiger charge is -2.21. The minimum atomic E-state index is -0.295. The Hall–Kier alpha value is -1.09. The standard InChI is InChI=1S/C12H14ClNO2/c13-11-7-6-9(8-14-11)12(15)16-10-4-2-1-3-5-10/h6-8,10H,1-5H2. The van der Waals surface area contributed by atoms with Gasteiger partial charge in [-0.1, -0.05) is 18.0 Å². The Labute approximate surface area is 99.8 Å². The summed E-state index contributed by atoms with van der Waals surface area (Å²) in [4.78, 5) is 15.6. The molecule has 0 unspecified atom stereocenters. The van der Waals surface area contributed by atoms with Crippen LogP contribution in [0, 0.1) is 0 Å². The lowest BCUT2D eigenvalue weighted by molar-refractivity contribution is 0.0210. The molecular formula is C12H14ClNO2. The second kappa shape index (κ2) is 5.30. The van der Waals surface area contributed by atoms with Crippen molar-refractivity contribution < 1.29 is 9.53 Å². The molecule has 86 valence electrons. The van der Waals surface area contributed by atoms with Gasteiger partial charge in [-0.25, -0.2) is 9.78 Å². The maximum absolute atomic E-state index is 11.7. The highest BCUT2D eigenvalue weighted by atomic mass is 35.5. The summed E-state index contributed by atoms with van der Waals surface area (Å²) in [6.07, 6.45) is 7.04. The Morgan fingerprint density at radius 1 is 1.31 bits per heavy atom. The van der Waals surface area contributed by atoms with Crippen LogP contribution in [0.3, 0.4) is 0 Å². The van der Waals surface area contributed by atoms with Crippen LogP contribution in [0.15, 0.2) is 18.3 Å². The Balaban J connectivity index is 1.94. The predicted octanol–water partition coefficient (Wildman–Crippen LogP) is 3.22. The number of nitrogens with zero attached hydrogens (tertiary/aromatic N) is 1. The van der Waals surface area contributed by atoms with Crippen molar-refractivity contribution in [3.8, 4) is 0 Å². The van der Waals surface area contributed by atoms with E-state index in [1.165, 1.54) is 12.6 Å². The maximum Gasteiger partial charge on any atom is 0.339 e. The molecule has 1 aromatic rings. The van der Waals surface area contributed by atoms with E-state index in [0.717, 1.165) is 25.7 Å². The van der Waals surface area contributed by atoms with Crippen LogP contribution in [0.25, 0.3) is 0 Å². The normalized spacial score (nSPS) is 17.1. The number of hydrogen-bond acceptors (Lipinski definition) is 3. The minimum absolute atomic E-state index is 0.0805. The number of carbonyl (C=O) groups excluding carboxylic acids is 1. The summed E-state index contributed by atoms with van der Waals surface area (Å²) in [7, 11) is 0. The molecule has 1 saturated carbocycles. The number of rotatable bonds is 2. The third kappa shape index (κ3) is 2.95. The molecular weight excluding hydrogens is 226 g/mol. The minimum Gasteiger partial charge on any atom is -0.459 e. The van der Waals surface area contributed by atoms with E-state index in [1.54, 1.807) is 12.1 Å². The number of aromatic nitrogens is 1. The van der Waals surface area contributed by atoms with Gasteiger partial charge in [0, 0.05) is 6.20 Å². The largest absolute Gasteiger partial charge is 0.459 e. The van der Waals surface area contributed by atoms with Gasteiger partial charge in [-0.2, -0.15) is 0 Å². The fourth-order valence-corrected chi connectivity index (χ4v) is 2.01. The molecule has 1 heterocycles. The average molecular weight is 240 g/mol. The molecule has 0 saturated heterocycles. The molecule has 0 spiro atoms. The van der Waals surface area contributed by atoms with Crippen molar-refractivity contribution in [1.82, 2.24) is 4.98 Å². The zero-order chi connectivity index (χ0) is 11.4. The molecule has 1 aliphatic rings. The van der Waals surface area contributed by atoms with Crippen molar-refractivity contribution in [3.63, 3.8) is 0 Å². The first-order chi connectivity index (χ1) is 7.75. The Morgan fingerprint density at radius 3 is 2.69 bits per heavy atom. The van der Waals surface area contributed by atoms with Crippen LogP contribution in [0.1, 0.15) is 42.5 Å². The number of esters is 1. The van der Waals surface area contributed by atoms with E-state index in [-0.39, 0.29) is 12.1 Å². The molecule has 0 aromatic carbocycles. The Morgan fingerprint density at radius 2 is 2.06 bits per heavy atom. The lowest BCUT2D eigenvalue weighted by Crippen LogP contribution is -2.20. The summed E-state index contributed by atoms with van der Waals surface area (Å²) in [5, 5.41) is 0.384. The molecule has 0 bridgehead atoms. The third-order valence-corrected chi connectivity index (χ3v) is 3.01. The number of pyridine rings is 1. The molecule has 0 aliphatic heterocycles. The van der Waals surface area contributed by atoms with Crippen molar-refractivity contribution in [3.05, 3.63) is 29.0 Å². The zero-order valence-corrected chi connectivity index (χ0v) is 9.74. The first-order valence-corrected chi connectivity index (χ1v) is 5.96. The fraction of sp³-hybridized carbons (Fsp3) is 0.500. The second-order valence-corrected chi connectivity index (χ2v) is 4.42. The Kier molecular flexibility index (Phi) is 3.78. The topological polar surface area (TPSA) is 39.2 Å². The molecule has 0 atom stereocenters. The predicted molar refractivity (Wildman–Crippen MR) is 61.5 cm³/mol. The van der Waals surface area contributed by atoms with Crippen LogP contribution in [-0.4, -0.2) is 17.1 Å². The lowest BCUT2D eigenvalue weighted by atomic mass is 9.98. The zero-order valence-electron chi connectivity index (χ0n) is 8.99. The average Bonchev–Trinajstić information content (AvgIpc) is 2.31. The molecule has 0 radical (unpaired) electrons. The first kappa shape index (κ1) is 11.4. The molecule has 1 aliphatic carbocycles. The third-order valence-electron chi connectivity index (χ3n) is 2.79. The van der Waals surface area contributed by atoms with Crippen LogP contribution in [-0.2, 0) is 4.74 Å². The summed E-state index contributed by atoms with van der Waals surface area (Å²) in [6, 6.07) is 3.24. The van der Waals surface area contributed by atoms with Crippen molar-refractivity contribution in [2.45, 2.75) is 38.2 Å². The van der Waals surface area contributed by atoms with Gasteiger partial charge < -0.3 is 4.74 Å². The molecule has 1 fully saturated rings. The van der Waals surface area contributed by atoms with E-state index in [9.17, 15) is 4.79 Å². The van der Waals surface area contributed by atoms with Gasteiger partial charge in [0.25, 0.3) is 0 Å². The number of ether oxygens (including phenoxy) is 1. The Bertz CT molecular complexity index is 358. The molecule has 3 nitrogen and oxygen atoms in total. The number of carbonyl (C=O) groups is 1. The highest BCUT2D eigenvalue weighted by Gasteiger charge is 2.18. The summed E-state index contributed by atoms with van der Waals surface area (Å²) in [6.45, 7) is 0. The fourth-order valence-electron chi connectivity index (χ4n) is 1.90. The number of hydrogen-bond donors (Lipinski definition) is 0. The molecule has 0 amide bonds. The van der Waals surface area contributed by atoms with Crippen molar-refractivity contribution in [2.24, 2.45) is 0 Å². The summed E-state index contributed by atoms with van der Waals surface area (Å²) < 4.78 is 5.40. The molecule has 0 N–H and O–H groups in total. The number of halogens is 1. The first-order valence-electron chi connectivity index (χ1n) is 5.58. The van der Waals surface area contributed by atoms with Crippen LogP contribution in [0.2, 0.25) is 5.15 Å². The van der Waals surface area contributed by atoms with Crippen molar-refractivity contribution >= 4 is 17.6 Å². The highest BCUT2D eigenvalue weighted by Crippen LogP contribution is 2.21. The summed E-state index contributed by atoms with van der Waals surface area (Å²) in [5.74, 6) is -0.295. The highest BCUT2D eigenvalue weighted by molar-refractivity contribution is 6.29. The van der Waals surface area contributed by atoms with Gasteiger partial charge in [-0.3, -0.25) is 0 Å². The van der Waals surface area contributed by atoms with E-state index >= 15 is 0 Å². The van der Waals surface area contributed by atoms with Gasteiger partial charge >= 0.3 is 5.97 Å². The summed E-state index contributed by atoms with van der Waals surface area (Å²) >= 11 is 5.65. The van der Waals surface area contributed by atoms with E-state index in [4.69, 9.17) is 16.3 Å². The molecule has 2 rings (SSSR count). The molecule has 1 aromatic heterocycles. The molecule has 16 heavy (non-hydrogen) atoms. The van der Waals surface area contributed by atoms with Gasteiger partial charge in [0.2, 0.25) is 0 Å². The molecule has 4 heteroatoms. The monoisotopic (exact) mass is 239 g/mol. The van der Waals surface area contributed by atoms with E-state index in [2.05, 4.69) is 4.98 Å². The van der Waals surface area contributed by atoms with Gasteiger partial charge in [-0.05, 0) is 37.8 Å². The van der Waals surface area contributed by atoms with Crippen LogP contribution < -0.4 is 0 Å². The SMILES string of the molecule is O=C(OC1CCCCC1)c1ccc(Cl)nc1. The van der Waals surface area contributed by atoms with Crippen molar-refractivity contribution in [1.29, 1.82) is 0 Å². The second-order valence-electron chi connectivity index (χ2n) is 4.03. The summed E-state index contributed by atoms with van der Waals surface area (Å²) in [5.41, 5.74) is 0.468. The van der Waals surface area contributed by atoms with Gasteiger partial charge in [0.05, 0.1) is 5.56 Å². The van der Waals surface area contributed by atoms with E-state index in [0.29, 0.717) is 10.7 Å².